The highest BCUT2D eigenvalue weighted by atomic mass is 32.2. The number of nitrogens with zero attached hydrogens (tertiary/aromatic N) is 4. The van der Waals surface area contributed by atoms with Crippen molar-refractivity contribution in [2.45, 2.75) is 26.8 Å². The van der Waals surface area contributed by atoms with Crippen molar-refractivity contribution < 1.29 is 18.0 Å². The van der Waals surface area contributed by atoms with Gasteiger partial charge in [-0.15, -0.1) is 0 Å². The monoisotopic (exact) mass is 332 g/mol. The first-order valence-electron chi connectivity index (χ1n) is 7.57. The molecule has 9 heteroatoms. The first-order chi connectivity index (χ1) is 10.3. The molecule has 0 saturated carbocycles. The Balaban J connectivity index is 1.90. The molecular weight excluding hydrogens is 308 g/mol. The van der Waals surface area contributed by atoms with Gasteiger partial charge in [0.25, 0.3) is 5.91 Å². The fourth-order valence-electron chi connectivity index (χ4n) is 2.76. The molecule has 0 aromatic rings. The molecule has 2 heterocycles. The lowest BCUT2D eigenvalue weighted by Crippen LogP contribution is -2.52. The van der Waals surface area contributed by atoms with Crippen LogP contribution in [0.1, 0.15) is 20.8 Å². The van der Waals surface area contributed by atoms with Gasteiger partial charge in [0.2, 0.25) is 10.0 Å². The summed E-state index contributed by atoms with van der Waals surface area (Å²) in [6, 6.07) is -0.403. The van der Waals surface area contributed by atoms with E-state index in [2.05, 4.69) is 0 Å². The highest BCUT2D eigenvalue weighted by molar-refractivity contribution is 7.89. The van der Waals surface area contributed by atoms with Crippen LogP contribution in [0.5, 0.6) is 0 Å². The Bertz CT molecular complexity index is 540. The molecular formula is C13H24N4O4S. The van der Waals surface area contributed by atoms with E-state index in [4.69, 9.17) is 0 Å². The van der Waals surface area contributed by atoms with Crippen molar-refractivity contribution in [3.63, 3.8) is 0 Å². The number of piperazine rings is 1. The Labute approximate surface area is 131 Å². The minimum Gasteiger partial charge on any atom is -0.302 e. The average Bonchev–Trinajstić information content (AvgIpc) is 2.74. The van der Waals surface area contributed by atoms with E-state index in [-0.39, 0.29) is 30.3 Å². The lowest BCUT2D eigenvalue weighted by Gasteiger charge is -2.35. The van der Waals surface area contributed by atoms with Gasteiger partial charge in [0.05, 0.1) is 12.4 Å². The summed E-state index contributed by atoms with van der Waals surface area (Å²) in [6.45, 7) is 7.73. The molecule has 3 amide bonds. The number of imide groups is 1. The number of urea groups is 1. The van der Waals surface area contributed by atoms with Crippen molar-refractivity contribution >= 4 is 22.0 Å². The Kier molecular flexibility index (Phi) is 5.08. The molecule has 2 rings (SSSR count). The van der Waals surface area contributed by atoms with Crippen LogP contribution in [-0.4, -0.2) is 90.5 Å². The van der Waals surface area contributed by atoms with Crippen LogP contribution < -0.4 is 0 Å². The number of hydrogen-bond donors (Lipinski definition) is 0. The van der Waals surface area contributed by atoms with Gasteiger partial charge in [-0.25, -0.2) is 13.2 Å². The Morgan fingerprint density at radius 3 is 2.14 bits per heavy atom. The fraction of sp³-hybridized carbons (Fsp3) is 0.846. The van der Waals surface area contributed by atoms with Gasteiger partial charge in [0.1, 0.15) is 6.54 Å². The molecule has 22 heavy (non-hydrogen) atoms. The van der Waals surface area contributed by atoms with Gasteiger partial charge in [-0.1, -0.05) is 0 Å². The second-order valence-corrected chi connectivity index (χ2v) is 8.15. The summed E-state index contributed by atoms with van der Waals surface area (Å²) in [5.41, 5.74) is 0. The van der Waals surface area contributed by atoms with Gasteiger partial charge in [-0.3, -0.25) is 14.6 Å². The molecule has 0 spiro atoms. The van der Waals surface area contributed by atoms with Crippen LogP contribution in [-0.2, 0) is 14.8 Å². The van der Waals surface area contributed by atoms with Crippen molar-refractivity contribution in [1.82, 2.24) is 19.0 Å². The van der Waals surface area contributed by atoms with Crippen LogP contribution in [0.2, 0.25) is 0 Å². The largest absolute Gasteiger partial charge is 0.328 e. The minimum absolute atomic E-state index is 0.102. The fourth-order valence-corrected chi connectivity index (χ4v) is 3.84. The Hall–Kier alpha value is -1.19. The van der Waals surface area contributed by atoms with Crippen LogP contribution >= 0.6 is 0 Å². The maximum absolute atomic E-state index is 12.2. The molecule has 8 nitrogen and oxygen atoms in total. The van der Waals surface area contributed by atoms with Crippen molar-refractivity contribution in [1.29, 1.82) is 0 Å². The average molecular weight is 332 g/mol. The topological polar surface area (TPSA) is 81.2 Å². The van der Waals surface area contributed by atoms with Gasteiger partial charge in [0, 0.05) is 32.2 Å². The molecule has 0 radical (unpaired) electrons. The molecule has 0 aromatic carbocycles. The lowest BCUT2D eigenvalue weighted by molar-refractivity contribution is -0.126. The van der Waals surface area contributed by atoms with Crippen LogP contribution in [0, 0.1) is 0 Å². The van der Waals surface area contributed by atoms with Crippen molar-refractivity contribution in [3.05, 3.63) is 0 Å². The summed E-state index contributed by atoms with van der Waals surface area (Å²) >= 11 is 0. The third kappa shape index (κ3) is 3.41. The van der Waals surface area contributed by atoms with E-state index in [0.717, 1.165) is 0 Å². The number of carbonyl (C=O) groups excluding carboxylic acids is 2. The minimum atomic E-state index is -3.15. The molecule has 0 N–H and O–H groups in total. The van der Waals surface area contributed by atoms with E-state index >= 15 is 0 Å². The molecule has 0 unspecified atom stereocenters. The summed E-state index contributed by atoms with van der Waals surface area (Å²) < 4.78 is 25.1. The SMILES string of the molecule is CCS(=O)(=O)N1CCN(CN2CC(=O)N(C(C)C)C2=O)CC1. The van der Waals surface area contributed by atoms with Crippen molar-refractivity contribution in [2.24, 2.45) is 0 Å². The van der Waals surface area contributed by atoms with Gasteiger partial charge < -0.3 is 4.90 Å². The third-order valence-corrected chi connectivity index (χ3v) is 5.93. The summed E-state index contributed by atoms with van der Waals surface area (Å²) in [4.78, 5) is 28.9. The summed E-state index contributed by atoms with van der Waals surface area (Å²) in [5, 5.41) is 0. The summed E-state index contributed by atoms with van der Waals surface area (Å²) in [5.74, 6) is -0.0673. The summed E-state index contributed by atoms with van der Waals surface area (Å²) in [7, 11) is -3.15. The predicted molar refractivity (Wildman–Crippen MR) is 81.6 cm³/mol. The lowest BCUT2D eigenvalue weighted by atomic mass is 10.3. The van der Waals surface area contributed by atoms with Gasteiger partial charge in [-0.05, 0) is 20.8 Å². The van der Waals surface area contributed by atoms with E-state index in [9.17, 15) is 18.0 Å². The van der Waals surface area contributed by atoms with Gasteiger partial charge >= 0.3 is 6.03 Å². The second-order valence-electron chi connectivity index (χ2n) is 5.90. The zero-order chi connectivity index (χ0) is 16.5. The first kappa shape index (κ1) is 17.2. The zero-order valence-electron chi connectivity index (χ0n) is 13.4. The number of rotatable bonds is 5. The molecule has 2 fully saturated rings. The molecule has 0 atom stereocenters. The van der Waals surface area contributed by atoms with Gasteiger partial charge in [-0.2, -0.15) is 4.31 Å². The molecule has 126 valence electrons. The van der Waals surface area contributed by atoms with E-state index in [1.807, 2.05) is 18.7 Å². The van der Waals surface area contributed by atoms with Crippen LogP contribution in [0.3, 0.4) is 0 Å². The molecule has 2 aliphatic rings. The Morgan fingerprint density at radius 1 is 1.09 bits per heavy atom. The van der Waals surface area contributed by atoms with E-state index in [1.54, 1.807) is 6.92 Å². The van der Waals surface area contributed by atoms with Gasteiger partial charge in [0.15, 0.2) is 0 Å². The number of hydrogen-bond acceptors (Lipinski definition) is 5. The van der Waals surface area contributed by atoms with E-state index < -0.39 is 10.0 Å². The van der Waals surface area contributed by atoms with Crippen LogP contribution in [0.4, 0.5) is 4.79 Å². The molecule has 0 bridgehead atoms. The maximum atomic E-state index is 12.2. The normalized spacial score (nSPS) is 22.2. The van der Waals surface area contributed by atoms with Crippen LogP contribution in [0.25, 0.3) is 0 Å². The number of carbonyl (C=O) groups is 2. The van der Waals surface area contributed by atoms with E-state index in [1.165, 1.54) is 14.1 Å². The number of sulfonamides is 1. The Morgan fingerprint density at radius 2 is 1.68 bits per heavy atom. The summed E-state index contributed by atoms with van der Waals surface area (Å²) in [6.07, 6.45) is 0. The highest BCUT2D eigenvalue weighted by Crippen LogP contribution is 2.15. The molecule has 2 saturated heterocycles. The first-order valence-corrected chi connectivity index (χ1v) is 9.18. The number of amides is 3. The predicted octanol–water partition coefficient (Wildman–Crippen LogP) is -0.416. The molecule has 2 aliphatic heterocycles. The van der Waals surface area contributed by atoms with Crippen molar-refractivity contribution in [3.8, 4) is 0 Å². The highest BCUT2D eigenvalue weighted by Gasteiger charge is 2.38. The quantitative estimate of drug-likeness (QED) is 0.639. The standard InChI is InChI=1S/C13H24N4O4S/c1-4-22(20,21)16-7-5-14(6-8-16)10-15-9-12(18)17(11(2)3)13(15)19/h11H,4-10H2,1-3H3. The zero-order valence-corrected chi connectivity index (χ0v) is 14.2. The van der Waals surface area contributed by atoms with Crippen molar-refractivity contribution in [2.75, 3.05) is 45.1 Å². The van der Waals surface area contributed by atoms with Crippen LogP contribution in [0.15, 0.2) is 0 Å². The van der Waals surface area contributed by atoms with E-state index in [0.29, 0.717) is 32.8 Å². The smallest absolute Gasteiger partial charge is 0.302 e. The molecule has 0 aliphatic carbocycles. The third-order valence-electron chi connectivity index (χ3n) is 4.05. The second kappa shape index (κ2) is 6.51. The maximum Gasteiger partial charge on any atom is 0.328 e. The molecule has 0 aromatic heterocycles.